The van der Waals surface area contributed by atoms with Crippen LogP contribution >= 0.6 is 0 Å². The average molecular weight is 337 g/mol. The topological polar surface area (TPSA) is 59.1 Å². The van der Waals surface area contributed by atoms with Crippen molar-refractivity contribution in [1.82, 2.24) is 24.2 Å². The van der Waals surface area contributed by atoms with Crippen LogP contribution in [0, 0.1) is 5.92 Å². The van der Waals surface area contributed by atoms with Gasteiger partial charge in [-0.2, -0.15) is 5.10 Å². The number of aryl methyl sites for hydroxylation is 1. The lowest BCUT2D eigenvalue weighted by Crippen LogP contribution is -2.23. The van der Waals surface area contributed by atoms with Crippen molar-refractivity contribution in [3.05, 3.63) is 66.5 Å². The summed E-state index contributed by atoms with van der Waals surface area (Å²) in [4.78, 5) is 6.93. The minimum absolute atomic E-state index is 0.198. The Kier molecular flexibility index (Phi) is 4.38. The summed E-state index contributed by atoms with van der Waals surface area (Å²) in [6.45, 7) is 2.76. The number of benzene rings is 1. The fourth-order valence-electron chi connectivity index (χ4n) is 3.76. The van der Waals surface area contributed by atoms with Crippen molar-refractivity contribution in [1.29, 1.82) is 0 Å². The van der Waals surface area contributed by atoms with Gasteiger partial charge in [0.25, 0.3) is 0 Å². The Balaban J connectivity index is 1.52. The van der Waals surface area contributed by atoms with E-state index in [0.717, 1.165) is 31.1 Å². The fraction of sp³-hybridized carbons (Fsp3) is 0.368. The van der Waals surface area contributed by atoms with Crippen molar-refractivity contribution in [3.63, 3.8) is 0 Å². The molecule has 0 aliphatic carbocycles. The van der Waals surface area contributed by atoms with Gasteiger partial charge in [0.15, 0.2) is 0 Å². The van der Waals surface area contributed by atoms with E-state index in [0.29, 0.717) is 5.92 Å². The first-order chi connectivity index (χ1) is 12.2. The molecule has 1 aromatic carbocycles. The molecular weight excluding hydrogens is 314 g/mol. The summed E-state index contributed by atoms with van der Waals surface area (Å²) in [6, 6.07) is 10.3. The van der Waals surface area contributed by atoms with Crippen LogP contribution in [-0.4, -0.2) is 49.0 Å². The number of aromatic nitrogens is 4. The third-order valence-electron chi connectivity index (χ3n) is 5.02. The number of para-hydroxylation sites is 1. The molecule has 0 unspecified atom stereocenters. The summed E-state index contributed by atoms with van der Waals surface area (Å²) >= 11 is 0. The number of hydrogen-bond donors (Lipinski definition) is 1. The molecule has 130 valence electrons. The second-order valence-electron chi connectivity index (χ2n) is 6.74. The Bertz CT molecular complexity index is 825. The van der Waals surface area contributed by atoms with Crippen LogP contribution in [0.1, 0.15) is 17.3 Å². The molecule has 4 rings (SSSR count). The van der Waals surface area contributed by atoms with Gasteiger partial charge in [-0.15, -0.1) is 0 Å². The molecule has 0 amide bonds. The van der Waals surface area contributed by atoms with Crippen molar-refractivity contribution in [2.24, 2.45) is 13.0 Å². The smallest absolute Gasteiger partial charge is 0.127 e. The molecule has 2 atom stereocenters. The highest BCUT2D eigenvalue weighted by Crippen LogP contribution is 2.33. The predicted octanol–water partition coefficient (Wildman–Crippen LogP) is 1.81. The van der Waals surface area contributed by atoms with Gasteiger partial charge in [0.05, 0.1) is 12.7 Å². The quantitative estimate of drug-likeness (QED) is 0.771. The summed E-state index contributed by atoms with van der Waals surface area (Å²) in [6.07, 6.45) is 7.83. The fourth-order valence-corrected chi connectivity index (χ4v) is 3.76. The van der Waals surface area contributed by atoms with Gasteiger partial charge in [-0.3, -0.25) is 9.58 Å². The highest BCUT2D eigenvalue weighted by Gasteiger charge is 2.34. The lowest BCUT2D eigenvalue weighted by Gasteiger charge is -2.16. The second kappa shape index (κ2) is 6.82. The van der Waals surface area contributed by atoms with Crippen LogP contribution in [0.2, 0.25) is 0 Å². The Hall–Kier alpha value is -2.44. The van der Waals surface area contributed by atoms with Crippen LogP contribution < -0.4 is 0 Å². The molecule has 1 aliphatic heterocycles. The zero-order valence-corrected chi connectivity index (χ0v) is 14.4. The zero-order chi connectivity index (χ0) is 17.2. The summed E-state index contributed by atoms with van der Waals surface area (Å²) in [5.41, 5.74) is 2.33. The molecule has 0 bridgehead atoms. The van der Waals surface area contributed by atoms with Gasteiger partial charge in [0.2, 0.25) is 0 Å². The maximum Gasteiger partial charge on any atom is 0.127 e. The first-order valence-electron chi connectivity index (χ1n) is 8.64. The number of rotatable bonds is 5. The number of nitrogens with zero attached hydrogens (tertiary/aromatic N) is 5. The highest BCUT2D eigenvalue weighted by molar-refractivity contribution is 5.32. The standard InChI is InChI=1S/C19H23N5O/c1-22-10-15(9-21-22)18-12-23(11-16(18)14-25)13-19-20-7-8-24(19)17-5-3-2-4-6-17/h2-10,16,18,25H,11-14H2,1H3/t16-,18-/m0/s1. The van der Waals surface area contributed by atoms with E-state index in [1.54, 1.807) is 0 Å². The van der Waals surface area contributed by atoms with Gasteiger partial charge in [0.1, 0.15) is 5.82 Å². The van der Waals surface area contributed by atoms with E-state index in [9.17, 15) is 5.11 Å². The van der Waals surface area contributed by atoms with E-state index in [4.69, 9.17) is 0 Å². The van der Waals surface area contributed by atoms with Gasteiger partial charge < -0.3 is 9.67 Å². The molecule has 0 saturated carbocycles. The molecule has 1 fully saturated rings. The molecular formula is C19H23N5O. The molecule has 1 aliphatic rings. The van der Waals surface area contributed by atoms with Crippen molar-refractivity contribution >= 4 is 0 Å². The molecule has 0 radical (unpaired) electrons. The Morgan fingerprint density at radius 2 is 2.04 bits per heavy atom. The van der Waals surface area contributed by atoms with E-state index in [1.807, 2.05) is 48.5 Å². The van der Waals surface area contributed by atoms with E-state index < -0.39 is 0 Å². The highest BCUT2D eigenvalue weighted by atomic mass is 16.3. The Labute approximate surface area is 147 Å². The molecule has 1 saturated heterocycles. The molecule has 6 nitrogen and oxygen atoms in total. The van der Waals surface area contributed by atoms with Crippen LogP contribution in [0.5, 0.6) is 0 Å². The SMILES string of the molecule is Cn1cc([C@@H]2CN(Cc3nccn3-c3ccccc3)C[C@H]2CO)cn1. The van der Waals surface area contributed by atoms with Crippen LogP contribution in [-0.2, 0) is 13.6 Å². The zero-order valence-electron chi connectivity index (χ0n) is 14.4. The molecule has 0 spiro atoms. The molecule has 1 N–H and O–H groups in total. The van der Waals surface area contributed by atoms with Gasteiger partial charge in [0, 0.05) is 62.9 Å². The summed E-state index contributed by atoms with van der Waals surface area (Å²) in [7, 11) is 1.93. The maximum absolute atomic E-state index is 9.81. The third-order valence-corrected chi connectivity index (χ3v) is 5.02. The first-order valence-corrected chi connectivity index (χ1v) is 8.64. The molecule has 3 heterocycles. The predicted molar refractivity (Wildman–Crippen MR) is 95.4 cm³/mol. The minimum Gasteiger partial charge on any atom is -0.396 e. The minimum atomic E-state index is 0.198. The Morgan fingerprint density at radius 3 is 2.76 bits per heavy atom. The van der Waals surface area contributed by atoms with Crippen molar-refractivity contribution in [2.75, 3.05) is 19.7 Å². The van der Waals surface area contributed by atoms with E-state index in [1.165, 1.54) is 5.56 Å². The molecule has 3 aromatic rings. The lowest BCUT2D eigenvalue weighted by atomic mass is 9.92. The van der Waals surface area contributed by atoms with E-state index >= 15 is 0 Å². The van der Waals surface area contributed by atoms with Crippen LogP contribution in [0.15, 0.2) is 55.1 Å². The number of aliphatic hydroxyl groups excluding tert-OH is 1. The molecule has 2 aromatic heterocycles. The number of likely N-dealkylation sites (tertiary alicyclic amines) is 1. The van der Waals surface area contributed by atoms with Crippen LogP contribution in [0.4, 0.5) is 0 Å². The van der Waals surface area contributed by atoms with Gasteiger partial charge in [-0.1, -0.05) is 18.2 Å². The van der Waals surface area contributed by atoms with Gasteiger partial charge in [-0.25, -0.2) is 4.98 Å². The third kappa shape index (κ3) is 3.23. The van der Waals surface area contributed by atoms with Crippen LogP contribution in [0.3, 0.4) is 0 Å². The maximum atomic E-state index is 9.81. The van der Waals surface area contributed by atoms with Crippen LogP contribution in [0.25, 0.3) is 5.69 Å². The number of aliphatic hydroxyl groups is 1. The summed E-state index contributed by atoms with van der Waals surface area (Å²) in [5.74, 6) is 1.58. The lowest BCUT2D eigenvalue weighted by molar-refractivity contribution is 0.213. The monoisotopic (exact) mass is 337 g/mol. The van der Waals surface area contributed by atoms with E-state index in [-0.39, 0.29) is 12.5 Å². The van der Waals surface area contributed by atoms with Gasteiger partial charge in [-0.05, 0) is 17.7 Å². The second-order valence-corrected chi connectivity index (χ2v) is 6.74. The van der Waals surface area contributed by atoms with Crippen molar-refractivity contribution < 1.29 is 5.11 Å². The van der Waals surface area contributed by atoms with Crippen molar-refractivity contribution in [3.8, 4) is 5.69 Å². The molecule has 6 heteroatoms. The number of hydrogen-bond acceptors (Lipinski definition) is 4. The first kappa shape index (κ1) is 16.1. The van der Waals surface area contributed by atoms with Crippen molar-refractivity contribution in [2.45, 2.75) is 12.5 Å². The summed E-state index contributed by atoms with van der Waals surface area (Å²) in [5, 5.41) is 14.1. The van der Waals surface area contributed by atoms with E-state index in [2.05, 4.69) is 37.9 Å². The number of imidazole rings is 1. The largest absolute Gasteiger partial charge is 0.396 e. The normalized spacial score (nSPS) is 21.0. The molecule has 25 heavy (non-hydrogen) atoms. The average Bonchev–Trinajstić information content (AvgIpc) is 3.35. The van der Waals surface area contributed by atoms with Gasteiger partial charge >= 0.3 is 0 Å². The Morgan fingerprint density at radius 1 is 1.20 bits per heavy atom. The summed E-state index contributed by atoms with van der Waals surface area (Å²) < 4.78 is 3.96.